The lowest BCUT2D eigenvalue weighted by Crippen LogP contribution is -2.36. The molecule has 0 radical (unpaired) electrons. The van der Waals surface area contributed by atoms with Crippen LogP contribution in [0.15, 0.2) is 24.3 Å². The standard InChI is InChI=1S/C17H28N2O3/c1-6-19(7-2)14-10-8-13(9-11-14)15(12-20)18-16(21)22-17(3,4)5/h8-11,15,20H,6-7,12H2,1-5H3,(H,18,21)/t15-/m0/s1. The van der Waals surface area contributed by atoms with Crippen LogP contribution in [0.2, 0.25) is 0 Å². The molecule has 0 saturated heterocycles. The molecular formula is C17H28N2O3. The third kappa shape index (κ3) is 5.56. The van der Waals surface area contributed by atoms with E-state index in [-0.39, 0.29) is 6.61 Å². The minimum Gasteiger partial charge on any atom is -0.444 e. The average molecular weight is 308 g/mol. The van der Waals surface area contributed by atoms with E-state index in [9.17, 15) is 9.90 Å². The third-order valence-electron chi connectivity index (χ3n) is 3.30. The summed E-state index contributed by atoms with van der Waals surface area (Å²) in [6.45, 7) is 11.3. The van der Waals surface area contributed by atoms with E-state index in [1.807, 2.05) is 24.3 Å². The number of hydrogen-bond acceptors (Lipinski definition) is 4. The number of nitrogens with one attached hydrogen (secondary N) is 1. The number of amides is 1. The van der Waals surface area contributed by atoms with Crippen molar-refractivity contribution < 1.29 is 14.6 Å². The predicted molar refractivity (Wildman–Crippen MR) is 89.2 cm³/mol. The number of ether oxygens (including phenoxy) is 1. The van der Waals surface area contributed by atoms with Crippen LogP contribution in [0.1, 0.15) is 46.2 Å². The molecule has 0 saturated carbocycles. The highest BCUT2D eigenvalue weighted by Crippen LogP contribution is 2.19. The molecule has 0 fully saturated rings. The molecule has 0 aliphatic carbocycles. The van der Waals surface area contributed by atoms with Gasteiger partial charge < -0.3 is 20.1 Å². The highest BCUT2D eigenvalue weighted by Gasteiger charge is 2.20. The Kier molecular flexibility index (Phi) is 6.68. The van der Waals surface area contributed by atoms with Crippen molar-refractivity contribution in [2.24, 2.45) is 0 Å². The second-order valence-electron chi connectivity index (χ2n) is 6.15. The maximum Gasteiger partial charge on any atom is 0.408 e. The Morgan fingerprint density at radius 1 is 1.23 bits per heavy atom. The van der Waals surface area contributed by atoms with Crippen molar-refractivity contribution in [1.82, 2.24) is 5.32 Å². The highest BCUT2D eigenvalue weighted by molar-refractivity contribution is 5.68. The first-order chi connectivity index (χ1) is 10.3. The summed E-state index contributed by atoms with van der Waals surface area (Å²) in [5.41, 5.74) is 1.42. The first kappa shape index (κ1) is 18.3. The summed E-state index contributed by atoms with van der Waals surface area (Å²) in [5.74, 6) is 0. The Bertz CT molecular complexity index is 462. The fraction of sp³-hybridized carbons (Fsp3) is 0.588. The molecule has 1 aromatic rings. The number of carbonyl (C=O) groups is 1. The number of alkyl carbamates (subject to hydrolysis) is 1. The van der Waals surface area contributed by atoms with Gasteiger partial charge in [0.25, 0.3) is 0 Å². The van der Waals surface area contributed by atoms with Crippen molar-refractivity contribution >= 4 is 11.8 Å². The number of aliphatic hydroxyl groups excluding tert-OH is 1. The summed E-state index contributed by atoms with van der Waals surface area (Å²) in [5, 5.41) is 12.2. The molecule has 0 unspecified atom stereocenters. The maximum atomic E-state index is 11.8. The Labute approximate surface area is 133 Å². The summed E-state index contributed by atoms with van der Waals surface area (Å²) < 4.78 is 5.22. The van der Waals surface area contributed by atoms with Crippen LogP contribution in [-0.2, 0) is 4.74 Å². The second kappa shape index (κ2) is 8.03. The SMILES string of the molecule is CCN(CC)c1ccc([C@H](CO)NC(=O)OC(C)(C)C)cc1. The van der Waals surface area contributed by atoms with Gasteiger partial charge in [-0.25, -0.2) is 4.79 Å². The van der Waals surface area contributed by atoms with Gasteiger partial charge in [-0.1, -0.05) is 12.1 Å². The van der Waals surface area contributed by atoms with Crippen LogP contribution in [-0.4, -0.2) is 36.5 Å². The van der Waals surface area contributed by atoms with Gasteiger partial charge >= 0.3 is 6.09 Å². The van der Waals surface area contributed by atoms with Gasteiger partial charge in [-0.3, -0.25) is 0 Å². The Balaban J connectivity index is 2.77. The van der Waals surface area contributed by atoms with Crippen LogP contribution in [0.3, 0.4) is 0 Å². The van der Waals surface area contributed by atoms with Crippen molar-refractivity contribution in [3.05, 3.63) is 29.8 Å². The highest BCUT2D eigenvalue weighted by atomic mass is 16.6. The van der Waals surface area contributed by atoms with Gasteiger partial charge in [0.15, 0.2) is 0 Å². The fourth-order valence-electron chi connectivity index (χ4n) is 2.19. The topological polar surface area (TPSA) is 61.8 Å². The predicted octanol–water partition coefficient (Wildman–Crippen LogP) is 3.09. The van der Waals surface area contributed by atoms with E-state index in [4.69, 9.17) is 4.74 Å². The molecule has 5 heteroatoms. The Hall–Kier alpha value is -1.75. The monoisotopic (exact) mass is 308 g/mol. The first-order valence-electron chi connectivity index (χ1n) is 7.76. The zero-order valence-electron chi connectivity index (χ0n) is 14.2. The molecule has 124 valence electrons. The van der Waals surface area contributed by atoms with E-state index >= 15 is 0 Å². The van der Waals surface area contributed by atoms with E-state index in [1.54, 1.807) is 20.8 Å². The van der Waals surface area contributed by atoms with E-state index in [0.717, 1.165) is 24.3 Å². The molecule has 1 amide bonds. The van der Waals surface area contributed by atoms with Gasteiger partial charge in [0, 0.05) is 18.8 Å². The number of nitrogens with zero attached hydrogens (tertiary/aromatic N) is 1. The van der Waals surface area contributed by atoms with E-state index in [2.05, 4.69) is 24.1 Å². The van der Waals surface area contributed by atoms with E-state index in [1.165, 1.54) is 0 Å². The van der Waals surface area contributed by atoms with Crippen LogP contribution in [0.5, 0.6) is 0 Å². The second-order valence-corrected chi connectivity index (χ2v) is 6.15. The number of aliphatic hydroxyl groups is 1. The lowest BCUT2D eigenvalue weighted by Gasteiger charge is -2.24. The Morgan fingerprint density at radius 2 is 1.77 bits per heavy atom. The van der Waals surface area contributed by atoms with Gasteiger partial charge in [0.05, 0.1) is 12.6 Å². The van der Waals surface area contributed by atoms with Gasteiger partial charge in [-0.2, -0.15) is 0 Å². The lowest BCUT2D eigenvalue weighted by atomic mass is 10.1. The average Bonchev–Trinajstić information content (AvgIpc) is 2.45. The number of hydrogen-bond donors (Lipinski definition) is 2. The number of anilines is 1. The summed E-state index contributed by atoms with van der Waals surface area (Å²) in [6.07, 6.45) is -0.528. The zero-order chi connectivity index (χ0) is 16.8. The van der Waals surface area contributed by atoms with Crippen molar-refractivity contribution in [3.8, 4) is 0 Å². The van der Waals surface area contributed by atoms with Gasteiger partial charge in [0.2, 0.25) is 0 Å². The number of carbonyl (C=O) groups excluding carboxylic acids is 1. The molecule has 5 nitrogen and oxygen atoms in total. The van der Waals surface area contributed by atoms with Crippen molar-refractivity contribution in [2.75, 3.05) is 24.6 Å². The smallest absolute Gasteiger partial charge is 0.408 e. The number of rotatable bonds is 6. The normalized spacial score (nSPS) is 12.6. The van der Waals surface area contributed by atoms with Gasteiger partial charge in [0.1, 0.15) is 5.60 Å². The zero-order valence-corrected chi connectivity index (χ0v) is 14.2. The molecule has 22 heavy (non-hydrogen) atoms. The molecule has 1 rings (SSSR count). The van der Waals surface area contributed by atoms with Crippen LogP contribution >= 0.6 is 0 Å². The molecule has 0 bridgehead atoms. The summed E-state index contributed by atoms with van der Waals surface area (Å²) in [7, 11) is 0. The van der Waals surface area contributed by atoms with Gasteiger partial charge in [-0.15, -0.1) is 0 Å². The lowest BCUT2D eigenvalue weighted by molar-refractivity contribution is 0.0482. The van der Waals surface area contributed by atoms with E-state index in [0.29, 0.717) is 0 Å². The summed E-state index contributed by atoms with van der Waals surface area (Å²) in [6, 6.07) is 7.38. The van der Waals surface area contributed by atoms with Crippen LogP contribution in [0.25, 0.3) is 0 Å². The van der Waals surface area contributed by atoms with Crippen molar-refractivity contribution in [2.45, 2.75) is 46.3 Å². The Morgan fingerprint density at radius 3 is 2.18 bits per heavy atom. The summed E-state index contributed by atoms with van der Waals surface area (Å²) >= 11 is 0. The molecule has 0 aromatic heterocycles. The maximum absolute atomic E-state index is 11.8. The molecule has 0 spiro atoms. The van der Waals surface area contributed by atoms with Crippen LogP contribution in [0, 0.1) is 0 Å². The molecule has 0 aliphatic rings. The first-order valence-corrected chi connectivity index (χ1v) is 7.76. The van der Waals surface area contributed by atoms with Crippen LogP contribution < -0.4 is 10.2 Å². The minimum absolute atomic E-state index is 0.177. The molecule has 0 aliphatic heterocycles. The largest absolute Gasteiger partial charge is 0.444 e. The van der Waals surface area contributed by atoms with Crippen LogP contribution in [0.4, 0.5) is 10.5 Å². The quantitative estimate of drug-likeness (QED) is 0.848. The molecule has 0 heterocycles. The minimum atomic E-state index is -0.559. The molecule has 1 atom stereocenters. The number of benzene rings is 1. The molecule has 1 aromatic carbocycles. The fourth-order valence-corrected chi connectivity index (χ4v) is 2.19. The summed E-state index contributed by atoms with van der Waals surface area (Å²) in [4.78, 5) is 14.1. The van der Waals surface area contributed by atoms with Crippen molar-refractivity contribution in [3.63, 3.8) is 0 Å². The third-order valence-corrected chi connectivity index (χ3v) is 3.30. The van der Waals surface area contributed by atoms with Gasteiger partial charge in [-0.05, 0) is 52.3 Å². The van der Waals surface area contributed by atoms with E-state index < -0.39 is 17.7 Å². The molecule has 2 N–H and O–H groups in total. The molecular weight excluding hydrogens is 280 g/mol. The van der Waals surface area contributed by atoms with Crippen molar-refractivity contribution in [1.29, 1.82) is 0 Å².